The molecule has 1 N–H and O–H groups in total. The van der Waals surface area contributed by atoms with Gasteiger partial charge in [0, 0.05) is 6.54 Å². The molecule has 0 heterocycles. The van der Waals surface area contributed by atoms with Crippen molar-refractivity contribution in [3.63, 3.8) is 0 Å². The lowest BCUT2D eigenvalue weighted by atomic mass is 10.2. The first-order valence-electron chi connectivity index (χ1n) is 8.86. The Hall–Kier alpha value is -2.69. The maximum Gasteiger partial charge on any atom is 0.261 e. The van der Waals surface area contributed by atoms with Crippen molar-refractivity contribution in [3.05, 3.63) is 54.1 Å². The largest absolute Gasteiger partial charge is 0.493 e. The maximum atomic E-state index is 12.5. The third-order valence-corrected chi connectivity index (χ3v) is 3.74. The van der Waals surface area contributed by atoms with Gasteiger partial charge < -0.3 is 19.5 Å². The zero-order valence-corrected chi connectivity index (χ0v) is 15.8. The third kappa shape index (κ3) is 5.69. The summed E-state index contributed by atoms with van der Waals surface area (Å²) < 4.78 is 16.8. The van der Waals surface area contributed by atoms with Crippen molar-refractivity contribution < 1.29 is 19.0 Å². The van der Waals surface area contributed by atoms with Crippen LogP contribution in [0.4, 0.5) is 0 Å². The summed E-state index contributed by atoms with van der Waals surface area (Å²) in [4.78, 5) is 12.5. The highest BCUT2D eigenvalue weighted by Crippen LogP contribution is 2.27. The van der Waals surface area contributed by atoms with Crippen LogP contribution in [0.1, 0.15) is 32.8 Å². The lowest BCUT2D eigenvalue weighted by Crippen LogP contribution is -2.37. The molecule has 0 spiro atoms. The quantitative estimate of drug-likeness (QED) is 0.738. The van der Waals surface area contributed by atoms with Gasteiger partial charge in [-0.05, 0) is 50.1 Å². The third-order valence-electron chi connectivity index (χ3n) is 3.74. The van der Waals surface area contributed by atoms with E-state index < -0.39 is 6.10 Å². The number of amides is 1. The summed E-state index contributed by atoms with van der Waals surface area (Å²) in [6, 6.07) is 15.0. The number of hydrogen-bond acceptors (Lipinski definition) is 4. The number of carbonyl (C=O) groups is 1. The molecular formula is C21H27NO4. The van der Waals surface area contributed by atoms with Crippen LogP contribution in [0.5, 0.6) is 17.2 Å². The van der Waals surface area contributed by atoms with Gasteiger partial charge in [-0.15, -0.1) is 0 Å². The van der Waals surface area contributed by atoms with E-state index in [1.165, 1.54) is 0 Å². The summed E-state index contributed by atoms with van der Waals surface area (Å²) >= 11 is 0. The molecule has 0 aliphatic carbocycles. The first kappa shape index (κ1) is 19.6. The zero-order chi connectivity index (χ0) is 18.9. The SMILES string of the molecule is CC[C@@H](Oc1ccccc1OC)C(=O)NCc1cccc(OC(C)C)c1. The number of para-hydroxylation sites is 2. The van der Waals surface area contributed by atoms with E-state index in [0.717, 1.165) is 11.3 Å². The molecule has 2 rings (SSSR count). The van der Waals surface area contributed by atoms with Crippen molar-refractivity contribution in [3.8, 4) is 17.2 Å². The highest BCUT2D eigenvalue weighted by atomic mass is 16.5. The van der Waals surface area contributed by atoms with Gasteiger partial charge in [0.2, 0.25) is 0 Å². The summed E-state index contributed by atoms with van der Waals surface area (Å²) in [6.07, 6.45) is 0.0837. The normalized spacial score (nSPS) is 11.7. The number of benzene rings is 2. The summed E-state index contributed by atoms with van der Waals surface area (Å²) in [7, 11) is 1.58. The molecular weight excluding hydrogens is 330 g/mol. The summed E-state index contributed by atoms with van der Waals surface area (Å²) in [6.45, 7) is 6.29. The van der Waals surface area contributed by atoms with Gasteiger partial charge in [0.15, 0.2) is 17.6 Å². The Bertz CT molecular complexity index is 715. The first-order chi connectivity index (χ1) is 12.5. The van der Waals surface area contributed by atoms with E-state index in [1.807, 2.05) is 57.2 Å². The molecule has 5 nitrogen and oxygen atoms in total. The van der Waals surface area contributed by atoms with E-state index in [1.54, 1.807) is 19.2 Å². The molecule has 0 aliphatic heterocycles. The van der Waals surface area contributed by atoms with Crippen molar-refractivity contribution in [1.82, 2.24) is 5.32 Å². The van der Waals surface area contributed by atoms with E-state index in [-0.39, 0.29) is 12.0 Å². The number of carbonyl (C=O) groups excluding carboxylic acids is 1. The molecule has 140 valence electrons. The minimum atomic E-state index is -0.582. The highest BCUT2D eigenvalue weighted by Gasteiger charge is 2.19. The summed E-state index contributed by atoms with van der Waals surface area (Å²) in [5, 5.41) is 2.93. The van der Waals surface area contributed by atoms with Crippen molar-refractivity contribution in [2.75, 3.05) is 7.11 Å². The molecule has 0 fully saturated rings. The van der Waals surface area contributed by atoms with Gasteiger partial charge in [-0.1, -0.05) is 31.2 Å². The fourth-order valence-corrected chi connectivity index (χ4v) is 2.50. The smallest absolute Gasteiger partial charge is 0.261 e. The fourth-order valence-electron chi connectivity index (χ4n) is 2.50. The van der Waals surface area contributed by atoms with Gasteiger partial charge in [0.1, 0.15) is 5.75 Å². The van der Waals surface area contributed by atoms with Crippen molar-refractivity contribution in [2.24, 2.45) is 0 Å². The lowest BCUT2D eigenvalue weighted by Gasteiger charge is -2.19. The van der Waals surface area contributed by atoms with E-state index in [0.29, 0.717) is 24.5 Å². The van der Waals surface area contributed by atoms with Crippen LogP contribution in [0.2, 0.25) is 0 Å². The molecule has 0 radical (unpaired) electrons. The highest BCUT2D eigenvalue weighted by molar-refractivity contribution is 5.81. The molecule has 0 unspecified atom stereocenters. The molecule has 2 aromatic rings. The molecule has 26 heavy (non-hydrogen) atoms. The van der Waals surface area contributed by atoms with Crippen LogP contribution in [0, 0.1) is 0 Å². The predicted molar refractivity (Wildman–Crippen MR) is 102 cm³/mol. The standard InChI is InChI=1S/C21H27NO4/c1-5-18(26-20-12-7-6-11-19(20)24-4)21(23)22-14-16-9-8-10-17(13-16)25-15(2)3/h6-13,15,18H,5,14H2,1-4H3,(H,22,23)/t18-/m1/s1. The molecule has 1 atom stereocenters. The summed E-state index contributed by atoms with van der Waals surface area (Å²) in [5.74, 6) is 1.80. The monoisotopic (exact) mass is 357 g/mol. The molecule has 5 heteroatoms. The van der Waals surface area contributed by atoms with Crippen LogP contribution in [0.25, 0.3) is 0 Å². The maximum absolute atomic E-state index is 12.5. The Morgan fingerprint density at radius 2 is 1.77 bits per heavy atom. The molecule has 1 amide bonds. The van der Waals surface area contributed by atoms with Crippen molar-refractivity contribution >= 4 is 5.91 Å². The van der Waals surface area contributed by atoms with E-state index in [4.69, 9.17) is 14.2 Å². The van der Waals surface area contributed by atoms with Crippen LogP contribution in [0.3, 0.4) is 0 Å². The number of methoxy groups -OCH3 is 1. The molecule has 0 aliphatic rings. The number of nitrogens with one attached hydrogen (secondary N) is 1. The molecule has 0 saturated heterocycles. The van der Waals surface area contributed by atoms with Crippen molar-refractivity contribution in [1.29, 1.82) is 0 Å². The lowest BCUT2D eigenvalue weighted by molar-refractivity contribution is -0.128. The second-order valence-electron chi connectivity index (χ2n) is 6.20. The van der Waals surface area contributed by atoms with Gasteiger partial charge in [-0.25, -0.2) is 0 Å². The molecule has 2 aromatic carbocycles. The van der Waals surface area contributed by atoms with Crippen molar-refractivity contribution in [2.45, 2.75) is 45.9 Å². The first-order valence-corrected chi connectivity index (χ1v) is 8.86. The van der Waals surface area contributed by atoms with E-state index in [2.05, 4.69) is 5.32 Å². The van der Waals surface area contributed by atoms with Gasteiger partial charge >= 0.3 is 0 Å². The van der Waals surface area contributed by atoms with E-state index in [9.17, 15) is 4.79 Å². The molecule has 0 saturated carbocycles. The Labute approximate surface area is 155 Å². The second kappa shape index (κ2) is 9.70. The van der Waals surface area contributed by atoms with Crippen LogP contribution < -0.4 is 19.5 Å². The van der Waals surface area contributed by atoms with Crippen LogP contribution in [-0.4, -0.2) is 25.2 Å². The van der Waals surface area contributed by atoms with E-state index >= 15 is 0 Å². The Morgan fingerprint density at radius 3 is 2.42 bits per heavy atom. The molecule has 0 aromatic heterocycles. The number of ether oxygens (including phenoxy) is 3. The fraction of sp³-hybridized carbons (Fsp3) is 0.381. The van der Waals surface area contributed by atoms with Crippen LogP contribution in [0.15, 0.2) is 48.5 Å². The van der Waals surface area contributed by atoms with Gasteiger partial charge in [-0.3, -0.25) is 4.79 Å². The minimum absolute atomic E-state index is 0.110. The average Bonchev–Trinajstić information content (AvgIpc) is 2.64. The Morgan fingerprint density at radius 1 is 1.04 bits per heavy atom. The van der Waals surface area contributed by atoms with Gasteiger partial charge in [0.25, 0.3) is 5.91 Å². The van der Waals surface area contributed by atoms with Gasteiger partial charge in [-0.2, -0.15) is 0 Å². The van der Waals surface area contributed by atoms with Crippen LogP contribution in [-0.2, 0) is 11.3 Å². The predicted octanol–water partition coefficient (Wildman–Crippen LogP) is 3.96. The van der Waals surface area contributed by atoms with Gasteiger partial charge in [0.05, 0.1) is 13.2 Å². The number of rotatable bonds is 9. The molecule has 0 bridgehead atoms. The zero-order valence-electron chi connectivity index (χ0n) is 15.8. The number of hydrogen-bond donors (Lipinski definition) is 1. The second-order valence-corrected chi connectivity index (χ2v) is 6.20. The Balaban J connectivity index is 1.97. The Kier molecular flexibility index (Phi) is 7.33. The minimum Gasteiger partial charge on any atom is -0.493 e. The van der Waals surface area contributed by atoms with Crippen LogP contribution >= 0.6 is 0 Å². The average molecular weight is 357 g/mol. The topological polar surface area (TPSA) is 56.8 Å². The summed E-state index contributed by atoms with van der Waals surface area (Å²) in [5.41, 5.74) is 0.976.